The molecule has 10 heteroatoms. The second-order valence-corrected chi connectivity index (χ2v) is 14.3. The first kappa shape index (κ1) is 30.4. The van der Waals surface area contributed by atoms with Gasteiger partial charge in [-0.2, -0.15) is 9.30 Å². The van der Waals surface area contributed by atoms with Crippen LogP contribution in [-0.2, 0) is 27.8 Å². The number of rotatable bonds is 7. The molecule has 9 nitrogen and oxygen atoms in total. The number of aryl methyl sites for hydroxylation is 1. The number of carbonyl (C=O) groups excluding carboxylic acids is 2. The first-order chi connectivity index (χ1) is 20.0. The Bertz CT molecular complexity index is 1440. The molecule has 2 amide bonds. The van der Waals surface area contributed by atoms with Crippen molar-refractivity contribution in [1.29, 1.82) is 0 Å². The molecule has 2 aliphatic heterocycles. The molecular weight excluding hydrogens is 550 g/mol. The van der Waals surface area contributed by atoms with Crippen molar-refractivity contribution in [3.8, 4) is 0 Å². The first-order valence-corrected chi connectivity index (χ1v) is 16.9. The maximum absolute atomic E-state index is 13.2. The van der Waals surface area contributed by atoms with Gasteiger partial charge < -0.3 is 10.2 Å². The smallest absolute Gasteiger partial charge is 0.278 e. The number of amides is 2. The number of hydrogen-bond acceptors (Lipinski definition) is 5. The standard InChI is InChI=1S/C32H43N5O4S/c1-22(2)33-31(38)26-11-13-28(14-12-26)37-29-19-24(21-35-15-17-36(18-16-35)42(4,40)41)7-10-27(29)20-30(37)34-32(39)25-8-5-23(3)6-9-25/h5-10,19,22,26,28H,11-18,20-21H2,1-4H3,(H,33,38). The molecule has 3 aliphatic rings. The number of amidine groups is 1. The van der Waals surface area contributed by atoms with Gasteiger partial charge >= 0.3 is 0 Å². The van der Waals surface area contributed by atoms with Gasteiger partial charge in [0, 0.05) is 68.4 Å². The molecule has 1 saturated heterocycles. The Morgan fingerprint density at radius 3 is 2.26 bits per heavy atom. The van der Waals surface area contributed by atoms with Gasteiger partial charge in [-0.05, 0) is 75.8 Å². The fraction of sp³-hybridized carbons (Fsp3) is 0.531. The van der Waals surface area contributed by atoms with E-state index in [1.165, 1.54) is 6.26 Å². The highest BCUT2D eigenvalue weighted by atomic mass is 32.2. The van der Waals surface area contributed by atoms with Gasteiger partial charge in [0.05, 0.1) is 6.26 Å². The molecule has 0 radical (unpaired) electrons. The molecule has 0 unspecified atom stereocenters. The predicted molar refractivity (Wildman–Crippen MR) is 166 cm³/mol. The predicted octanol–water partition coefficient (Wildman–Crippen LogP) is 3.76. The number of piperazine rings is 1. The Morgan fingerprint density at radius 1 is 0.976 bits per heavy atom. The molecule has 0 atom stereocenters. The number of sulfonamides is 1. The highest BCUT2D eigenvalue weighted by Crippen LogP contribution is 2.38. The second kappa shape index (κ2) is 12.7. The van der Waals surface area contributed by atoms with Gasteiger partial charge in [0.1, 0.15) is 5.84 Å². The summed E-state index contributed by atoms with van der Waals surface area (Å²) < 4.78 is 25.4. The van der Waals surface area contributed by atoms with E-state index >= 15 is 0 Å². The van der Waals surface area contributed by atoms with E-state index in [0.717, 1.165) is 60.4 Å². The van der Waals surface area contributed by atoms with Gasteiger partial charge in [-0.15, -0.1) is 0 Å². The lowest BCUT2D eigenvalue weighted by Gasteiger charge is -2.36. The van der Waals surface area contributed by atoms with Crippen molar-refractivity contribution in [2.75, 3.05) is 37.3 Å². The molecule has 0 aromatic heterocycles. The number of hydrogen-bond donors (Lipinski definition) is 1. The van der Waals surface area contributed by atoms with Gasteiger partial charge in [0.15, 0.2) is 0 Å². The van der Waals surface area contributed by atoms with Crippen molar-refractivity contribution in [3.63, 3.8) is 0 Å². The summed E-state index contributed by atoms with van der Waals surface area (Å²) >= 11 is 0. The van der Waals surface area contributed by atoms with Crippen LogP contribution in [0.4, 0.5) is 5.69 Å². The van der Waals surface area contributed by atoms with Crippen LogP contribution in [0.2, 0.25) is 0 Å². The van der Waals surface area contributed by atoms with Crippen molar-refractivity contribution < 1.29 is 18.0 Å². The molecule has 1 saturated carbocycles. The number of nitrogens with zero attached hydrogens (tertiary/aromatic N) is 4. The van der Waals surface area contributed by atoms with Crippen molar-refractivity contribution in [2.45, 2.75) is 71.5 Å². The monoisotopic (exact) mass is 593 g/mol. The number of benzene rings is 2. The largest absolute Gasteiger partial charge is 0.354 e. The van der Waals surface area contributed by atoms with Crippen molar-refractivity contribution >= 4 is 33.4 Å². The summed E-state index contributed by atoms with van der Waals surface area (Å²) in [5, 5.41) is 3.06. The minimum Gasteiger partial charge on any atom is -0.354 e. The SMILES string of the molecule is Cc1ccc(C(=O)N=C2Cc3ccc(CN4CCN(S(C)(=O)=O)CC4)cc3N2C2CCC(C(=O)NC(C)C)CC2)cc1. The summed E-state index contributed by atoms with van der Waals surface area (Å²) in [5.41, 5.74) is 5.07. The van der Waals surface area contributed by atoms with E-state index in [1.54, 1.807) is 4.31 Å². The minimum absolute atomic E-state index is 0.0113. The third-order valence-electron chi connectivity index (χ3n) is 8.64. The number of nitrogens with one attached hydrogen (secondary N) is 1. The highest BCUT2D eigenvalue weighted by molar-refractivity contribution is 7.88. The van der Waals surface area contributed by atoms with Crippen molar-refractivity contribution in [1.82, 2.24) is 14.5 Å². The van der Waals surface area contributed by atoms with E-state index < -0.39 is 10.0 Å². The topological polar surface area (TPSA) is 102 Å². The Morgan fingerprint density at radius 2 is 1.64 bits per heavy atom. The summed E-state index contributed by atoms with van der Waals surface area (Å²) in [4.78, 5) is 35.2. The zero-order valence-corrected chi connectivity index (χ0v) is 26.0. The van der Waals surface area contributed by atoms with E-state index in [2.05, 4.69) is 38.3 Å². The molecule has 42 heavy (non-hydrogen) atoms. The summed E-state index contributed by atoms with van der Waals surface area (Å²) in [7, 11) is -3.17. The second-order valence-electron chi connectivity index (χ2n) is 12.3. The maximum atomic E-state index is 13.2. The molecule has 2 fully saturated rings. The fourth-order valence-corrected chi connectivity index (χ4v) is 7.16. The molecule has 2 aromatic rings. The molecule has 226 valence electrons. The third-order valence-corrected chi connectivity index (χ3v) is 9.94. The summed E-state index contributed by atoms with van der Waals surface area (Å²) in [5.74, 6) is 0.672. The van der Waals surface area contributed by atoms with Crippen LogP contribution < -0.4 is 10.2 Å². The van der Waals surface area contributed by atoms with E-state index in [1.807, 2.05) is 45.0 Å². The molecule has 1 aliphatic carbocycles. The van der Waals surface area contributed by atoms with E-state index in [4.69, 9.17) is 0 Å². The van der Waals surface area contributed by atoms with Crippen molar-refractivity contribution in [2.24, 2.45) is 10.9 Å². The Balaban J connectivity index is 1.37. The van der Waals surface area contributed by atoms with Crippen molar-refractivity contribution in [3.05, 3.63) is 64.7 Å². The van der Waals surface area contributed by atoms with Crippen LogP contribution in [0.15, 0.2) is 47.5 Å². The lowest BCUT2D eigenvalue weighted by atomic mass is 9.84. The lowest BCUT2D eigenvalue weighted by Crippen LogP contribution is -2.47. The number of carbonyl (C=O) groups is 2. The maximum Gasteiger partial charge on any atom is 0.278 e. The summed E-state index contributed by atoms with van der Waals surface area (Å²) in [6, 6.07) is 14.3. The van der Waals surface area contributed by atoms with Gasteiger partial charge in [0.2, 0.25) is 15.9 Å². The molecule has 0 spiro atoms. The van der Waals surface area contributed by atoms with Crippen LogP contribution in [0.1, 0.15) is 66.6 Å². The van der Waals surface area contributed by atoms with Gasteiger partial charge in [0.25, 0.3) is 5.91 Å². The third kappa shape index (κ3) is 7.10. The van der Waals surface area contributed by atoms with Gasteiger partial charge in [-0.1, -0.05) is 29.8 Å². The van der Waals surface area contributed by atoms with Crippen LogP contribution in [0.3, 0.4) is 0 Å². The molecule has 0 bridgehead atoms. The summed E-state index contributed by atoms with van der Waals surface area (Å²) in [6.07, 6.45) is 5.17. The average molecular weight is 594 g/mol. The molecule has 1 N–H and O–H groups in total. The first-order valence-electron chi connectivity index (χ1n) is 15.1. The quantitative estimate of drug-likeness (QED) is 0.525. The van der Waals surface area contributed by atoms with Crippen LogP contribution in [0, 0.1) is 12.8 Å². The molecule has 2 heterocycles. The number of fused-ring (bicyclic) bond motifs is 1. The molecular formula is C32H43N5O4S. The Hall–Kier alpha value is -3.08. The zero-order valence-electron chi connectivity index (χ0n) is 25.2. The van der Waals surface area contributed by atoms with Crippen LogP contribution in [-0.4, -0.2) is 79.8 Å². The normalized spacial score (nSPS) is 22.9. The number of aliphatic imine (C=N–C) groups is 1. The van der Waals surface area contributed by atoms with Gasteiger partial charge in [-0.25, -0.2) is 8.42 Å². The van der Waals surface area contributed by atoms with Crippen LogP contribution >= 0.6 is 0 Å². The average Bonchev–Trinajstić information content (AvgIpc) is 3.30. The molecule has 5 rings (SSSR count). The Kier molecular flexibility index (Phi) is 9.15. The van der Waals surface area contributed by atoms with Crippen LogP contribution in [0.5, 0.6) is 0 Å². The summed E-state index contributed by atoms with van der Waals surface area (Å²) in [6.45, 7) is 9.08. The lowest BCUT2D eigenvalue weighted by molar-refractivity contribution is -0.126. The molecule has 2 aromatic carbocycles. The van der Waals surface area contributed by atoms with Crippen LogP contribution in [0.25, 0.3) is 0 Å². The number of anilines is 1. The Labute approximate surface area is 250 Å². The highest BCUT2D eigenvalue weighted by Gasteiger charge is 2.36. The minimum atomic E-state index is -3.17. The fourth-order valence-electron chi connectivity index (χ4n) is 6.33. The van der Waals surface area contributed by atoms with E-state index in [-0.39, 0.29) is 29.8 Å². The van der Waals surface area contributed by atoms with Gasteiger partial charge in [-0.3, -0.25) is 14.5 Å². The van der Waals surface area contributed by atoms with E-state index in [0.29, 0.717) is 38.2 Å². The van der Waals surface area contributed by atoms with E-state index in [9.17, 15) is 18.0 Å². The zero-order chi connectivity index (χ0) is 30.0.